The summed E-state index contributed by atoms with van der Waals surface area (Å²) in [5, 5.41) is 9.10. The Morgan fingerprint density at radius 2 is 1.31 bits per heavy atom. The Hall–Kier alpha value is -2.46. The fourth-order valence-corrected chi connectivity index (χ4v) is 8.37. The molecule has 0 aliphatic heterocycles. The molecule has 140 valence electrons. The van der Waals surface area contributed by atoms with Gasteiger partial charge in [0.15, 0.2) is 0 Å². The van der Waals surface area contributed by atoms with E-state index in [1.807, 2.05) is 34.0 Å². The van der Waals surface area contributed by atoms with E-state index in [1.165, 1.54) is 62.3 Å². The molecule has 0 radical (unpaired) electrons. The van der Waals surface area contributed by atoms with Crippen LogP contribution in [0, 0.1) is 13.8 Å². The molecule has 0 aliphatic rings. The lowest BCUT2D eigenvalue weighted by Crippen LogP contribution is -1.78. The smallest absolute Gasteiger partial charge is 0.0877 e. The first kappa shape index (κ1) is 17.4. The molecular weight excluding hydrogens is 408 g/mol. The topological polar surface area (TPSA) is 0 Å². The predicted octanol–water partition coefficient (Wildman–Crippen LogP) is 9.28. The van der Waals surface area contributed by atoms with Crippen molar-refractivity contribution < 1.29 is 0 Å². The molecule has 0 bridgehead atoms. The van der Waals surface area contributed by atoms with E-state index in [-0.39, 0.29) is 0 Å². The van der Waals surface area contributed by atoms with Gasteiger partial charge in [0.05, 0.1) is 8.89 Å². The van der Waals surface area contributed by atoms with Crippen LogP contribution in [0.4, 0.5) is 0 Å². The first-order valence-electron chi connectivity index (χ1n) is 9.69. The van der Waals surface area contributed by atoms with E-state index in [4.69, 9.17) is 0 Å². The van der Waals surface area contributed by atoms with Gasteiger partial charge in [0.2, 0.25) is 0 Å². The maximum absolute atomic E-state index is 2.29. The van der Waals surface area contributed by atoms with E-state index >= 15 is 0 Å². The second-order valence-corrected chi connectivity index (χ2v) is 10.6. The van der Waals surface area contributed by atoms with Gasteiger partial charge in [0.1, 0.15) is 0 Å². The van der Waals surface area contributed by atoms with Crippen molar-refractivity contribution in [3.8, 4) is 20.2 Å². The average Bonchev–Trinajstić information content (AvgIpc) is 3.41. The van der Waals surface area contributed by atoms with E-state index < -0.39 is 0 Å². The second kappa shape index (κ2) is 6.53. The molecular formula is C26H18S3. The molecule has 3 heteroatoms. The predicted molar refractivity (Wildman–Crippen MR) is 133 cm³/mol. The molecule has 0 N–H and O–H groups in total. The maximum atomic E-state index is 2.29. The fraction of sp³-hybridized carbons (Fsp3) is 0.0769. The number of rotatable bonds is 2. The Balaban J connectivity index is 1.69. The third kappa shape index (κ3) is 2.55. The molecule has 6 aromatic rings. The van der Waals surface area contributed by atoms with E-state index in [9.17, 15) is 0 Å². The summed E-state index contributed by atoms with van der Waals surface area (Å²) in [6.45, 7) is 4.52. The lowest BCUT2D eigenvalue weighted by atomic mass is 10.0. The SMILES string of the molecule is Cc1csc2sc(-c3sc(-c4cccc5ccccc45)c4ccccc34)c(C)c12. The standard InChI is InChI=1S/C26H18S3/c1-15-14-27-26-22(15)16(2)23(29-26)25-21-12-6-5-11-20(21)24(28-25)19-13-7-9-17-8-3-4-10-18(17)19/h3-14H,1-2H3. The van der Waals surface area contributed by atoms with Gasteiger partial charge in [-0.05, 0) is 41.1 Å². The van der Waals surface area contributed by atoms with Crippen molar-refractivity contribution in [2.75, 3.05) is 0 Å². The Bertz CT molecular complexity index is 1520. The molecule has 29 heavy (non-hydrogen) atoms. The van der Waals surface area contributed by atoms with Crippen molar-refractivity contribution in [1.82, 2.24) is 0 Å². The van der Waals surface area contributed by atoms with Crippen LogP contribution in [-0.2, 0) is 0 Å². The van der Waals surface area contributed by atoms with Crippen molar-refractivity contribution in [2.24, 2.45) is 0 Å². The van der Waals surface area contributed by atoms with Gasteiger partial charge in [-0.3, -0.25) is 0 Å². The molecule has 0 nitrogen and oxygen atoms in total. The van der Waals surface area contributed by atoms with Gasteiger partial charge < -0.3 is 0 Å². The van der Waals surface area contributed by atoms with Gasteiger partial charge in [-0.15, -0.1) is 34.0 Å². The van der Waals surface area contributed by atoms with Crippen molar-refractivity contribution in [3.63, 3.8) is 0 Å². The lowest BCUT2D eigenvalue weighted by molar-refractivity contribution is 1.54. The molecule has 0 saturated carbocycles. The molecule has 0 aliphatic carbocycles. The molecule has 0 amide bonds. The number of hydrogen-bond donors (Lipinski definition) is 0. The van der Waals surface area contributed by atoms with Crippen molar-refractivity contribution >= 4 is 65.0 Å². The zero-order chi connectivity index (χ0) is 19.5. The first-order chi connectivity index (χ1) is 14.2. The van der Waals surface area contributed by atoms with Crippen molar-refractivity contribution in [3.05, 3.63) is 83.2 Å². The number of hydrogen-bond acceptors (Lipinski definition) is 3. The normalized spacial score (nSPS) is 11.8. The minimum absolute atomic E-state index is 1.30. The van der Waals surface area contributed by atoms with Crippen LogP contribution in [0.1, 0.15) is 11.1 Å². The summed E-state index contributed by atoms with van der Waals surface area (Å²) >= 11 is 5.78. The second-order valence-electron chi connectivity index (χ2n) is 7.47. The number of benzene rings is 3. The molecule has 0 saturated heterocycles. The highest BCUT2D eigenvalue weighted by Gasteiger charge is 2.20. The highest BCUT2D eigenvalue weighted by molar-refractivity contribution is 7.40. The zero-order valence-electron chi connectivity index (χ0n) is 16.2. The van der Waals surface area contributed by atoms with Crippen LogP contribution in [0.2, 0.25) is 0 Å². The zero-order valence-corrected chi connectivity index (χ0v) is 18.6. The van der Waals surface area contributed by atoms with Gasteiger partial charge in [-0.2, -0.15) is 0 Å². The molecule has 0 atom stereocenters. The highest BCUT2D eigenvalue weighted by Crippen LogP contribution is 2.51. The van der Waals surface area contributed by atoms with Gasteiger partial charge >= 0.3 is 0 Å². The van der Waals surface area contributed by atoms with Crippen molar-refractivity contribution in [2.45, 2.75) is 13.8 Å². The van der Waals surface area contributed by atoms with E-state index in [0.717, 1.165) is 0 Å². The monoisotopic (exact) mass is 426 g/mol. The van der Waals surface area contributed by atoms with Crippen molar-refractivity contribution in [1.29, 1.82) is 0 Å². The number of aryl methyl sites for hydroxylation is 2. The van der Waals surface area contributed by atoms with Gasteiger partial charge in [0, 0.05) is 31.5 Å². The number of thiophene rings is 3. The van der Waals surface area contributed by atoms with E-state index in [2.05, 4.69) is 86.0 Å². The Kier molecular flexibility index (Phi) is 3.92. The molecule has 3 heterocycles. The quantitative estimate of drug-likeness (QED) is 0.259. The molecule has 0 fully saturated rings. The molecule has 0 unspecified atom stereocenters. The van der Waals surface area contributed by atoms with E-state index in [1.54, 1.807) is 0 Å². The Labute approximate surface area is 181 Å². The maximum Gasteiger partial charge on any atom is 0.0877 e. The summed E-state index contributed by atoms with van der Waals surface area (Å²) in [4.78, 5) is 4.22. The third-order valence-electron chi connectivity index (χ3n) is 5.71. The molecule has 3 aromatic carbocycles. The third-order valence-corrected chi connectivity index (χ3v) is 9.65. The molecule has 0 spiro atoms. The summed E-state index contributed by atoms with van der Waals surface area (Å²) in [5.41, 5.74) is 4.17. The molecule has 3 aromatic heterocycles. The number of fused-ring (bicyclic) bond motifs is 3. The molecule has 6 rings (SSSR count). The summed E-state index contributed by atoms with van der Waals surface area (Å²) in [6.07, 6.45) is 0. The Morgan fingerprint density at radius 3 is 2.10 bits per heavy atom. The van der Waals surface area contributed by atoms with Crippen LogP contribution in [0.25, 0.3) is 51.1 Å². The van der Waals surface area contributed by atoms with Crippen LogP contribution in [-0.4, -0.2) is 0 Å². The summed E-state index contributed by atoms with van der Waals surface area (Å²) < 4.78 is 1.44. The average molecular weight is 427 g/mol. The van der Waals surface area contributed by atoms with E-state index in [0.29, 0.717) is 0 Å². The minimum atomic E-state index is 1.30. The highest BCUT2D eigenvalue weighted by atomic mass is 32.2. The van der Waals surface area contributed by atoms with Gasteiger partial charge in [-0.25, -0.2) is 0 Å². The van der Waals surface area contributed by atoms with Gasteiger partial charge in [0.25, 0.3) is 0 Å². The van der Waals surface area contributed by atoms with Crippen LogP contribution in [0.3, 0.4) is 0 Å². The fourth-order valence-electron chi connectivity index (χ4n) is 4.33. The van der Waals surface area contributed by atoms with Crippen LogP contribution >= 0.6 is 34.0 Å². The first-order valence-corrected chi connectivity index (χ1v) is 12.2. The summed E-state index contributed by atoms with van der Waals surface area (Å²) in [5.74, 6) is 0. The summed E-state index contributed by atoms with van der Waals surface area (Å²) in [6, 6.07) is 24.3. The largest absolute Gasteiger partial charge is 0.133 e. The van der Waals surface area contributed by atoms with Crippen LogP contribution < -0.4 is 0 Å². The minimum Gasteiger partial charge on any atom is -0.133 e. The Morgan fingerprint density at radius 1 is 0.621 bits per heavy atom. The summed E-state index contributed by atoms with van der Waals surface area (Å²) in [7, 11) is 0. The van der Waals surface area contributed by atoms with Gasteiger partial charge in [-0.1, -0.05) is 66.7 Å². The van der Waals surface area contributed by atoms with Crippen LogP contribution in [0.5, 0.6) is 0 Å². The lowest BCUT2D eigenvalue weighted by Gasteiger charge is -2.05. The van der Waals surface area contributed by atoms with Crippen LogP contribution in [0.15, 0.2) is 72.1 Å².